The number of amides is 2. The molecule has 2 heterocycles. The molecule has 1 saturated carbocycles. The summed E-state index contributed by atoms with van der Waals surface area (Å²) in [4.78, 5) is 35.8. The van der Waals surface area contributed by atoms with Crippen LogP contribution in [-0.4, -0.2) is 39.8 Å². The standard InChI is InChI=1S/C23H27N3O3S/c1-15-18(19-12-17(29-2)8-9-20(19)25-15)13-22(27)26(16-6-4-3-5-7-16)23(28)14-21-24-10-11-30-21/h8-12,16,25H,3-7,13-14H2,1-2H3. The maximum atomic E-state index is 13.5. The Balaban J connectivity index is 1.62. The monoisotopic (exact) mass is 425 g/mol. The number of carbonyl (C=O) groups excluding carboxylic acids is 2. The highest BCUT2D eigenvalue weighted by atomic mass is 32.1. The number of imide groups is 1. The van der Waals surface area contributed by atoms with E-state index in [0.717, 1.165) is 58.6 Å². The van der Waals surface area contributed by atoms with E-state index in [1.165, 1.54) is 17.8 Å². The Labute approximate surface area is 180 Å². The highest BCUT2D eigenvalue weighted by molar-refractivity contribution is 7.09. The maximum absolute atomic E-state index is 13.5. The zero-order chi connectivity index (χ0) is 21.1. The second-order valence-electron chi connectivity index (χ2n) is 7.87. The van der Waals surface area contributed by atoms with Crippen LogP contribution in [0, 0.1) is 6.92 Å². The summed E-state index contributed by atoms with van der Waals surface area (Å²) in [5.74, 6) is 0.478. The third-order valence-electron chi connectivity index (χ3n) is 5.92. The van der Waals surface area contributed by atoms with E-state index in [1.54, 1.807) is 18.2 Å². The number of aryl methyl sites for hydroxylation is 1. The van der Waals surface area contributed by atoms with Crippen LogP contribution in [-0.2, 0) is 22.4 Å². The van der Waals surface area contributed by atoms with Gasteiger partial charge in [0.15, 0.2) is 0 Å². The van der Waals surface area contributed by atoms with Crippen LogP contribution in [0.15, 0.2) is 29.8 Å². The zero-order valence-electron chi connectivity index (χ0n) is 17.4. The van der Waals surface area contributed by atoms with Gasteiger partial charge in [-0.3, -0.25) is 14.5 Å². The van der Waals surface area contributed by atoms with Crippen LogP contribution in [0.1, 0.15) is 48.4 Å². The molecule has 0 spiro atoms. The number of carbonyl (C=O) groups is 2. The number of benzene rings is 1. The molecular weight excluding hydrogens is 398 g/mol. The lowest BCUT2D eigenvalue weighted by molar-refractivity contribution is -0.147. The summed E-state index contributed by atoms with van der Waals surface area (Å²) < 4.78 is 5.36. The van der Waals surface area contributed by atoms with E-state index in [2.05, 4.69) is 9.97 Å². The minimum atomic E-state index is -0.142. The summed E-state index contributed by atoms with van der Waals surface area (Å²) in [6, 6.07) is 5.79. The predicted molar refractivity (Wildman–Crippen MR) is 118 cm³/mol. The number of rotatable bonds is 6. The van der Waals surface area contributed by atoms with Gasteiger partial charge in [0.05, 0.1) is 20.0 Å². The Morgan fingerprint density at radius 3 is 2.67 bits per heavy atom. The molecule has 2 amide bonds. The first-order chi connectivity index (χ1) is 14.6. The first kappa shape index (κ1) is 20.6. The van der Waals surface area contributed by atoms with Gasteiger partial charge in [-0.15, -0.1) is 11.3 Å². The molecule has 7 heteroatoms. The van der Waals surface area contributed by atoms with Gasteiger partial charge in [0.25, 0.3) is 0 Å². The number of aromatic amines is 1. The fourth-order valence-corrected chi connectivity index (χ4v) is 5.00. The van der Waals surface area contributed by atoms with Crippen LogP contribution in [0.2, 0.25) is 0 Å². The number of H-pyrrole nitrogens is 1. The van der Waals surface area contributed by atoms with Gasteiger partial charge in [-0.1, -0.05) is 19.3 Å². The topological polar surface area (TPSA) is 75.3 Å². The fourth-order valence-electron chi connectivity index (χ4n) is 4.39. The molecule has 0 aliphatic heterocycles. The van der Waals surface area contributed by atoms with Crippen LogP contribution >= 0.6 is 11.3 Å². The Hall–Kier alpha value is -2.67. The lowest BCUT2D eigenvalue weighted by Gasteiger charge is -2.33. The second kappa shape index (κ2) is 9.00. The average molecular weight is 426 g/mol. The molecule has 1 aliphatic rings. The van der Waals surface area contributed by atoms with E-state index in [1.807, 2.05) is 30.5 Å². The summed E-state index contributed by atoms with van der Waals surface area (Å²) in [7, 11) is 1.63. The Morgan fingerprint density at radius 1 is 1.20 bits per heavy atom. The lowest BCUT2D eigenvalue weighted by atomic mass is 9.93. The third kappa shape index (κ3) is 4.26. The fraction of sp³-hybridized carbons (Fsp3) is 0.435. The van der Waals surface area contributed by atoms with Crippen molar-refractivity contribution in [2.45, 2.75) is 57.9 Å². The molecule has 2 aromatic heterocycles. The van der Waals surface area contributed by atoms with Crippen molar-refractivity contribution in [3.8, 4) is 5.75 Å². The SMILES string of the molecule is COc1ccc2[nH]c(C)c(CC(=O)N(C(=O)Cc3nccs3)C3CCCCC3)c2c1. The molecular formula is C23H27N3O3S. The van der Waals surface area contributed by atoms with Gasteiger partial charge in [0, 0.05) is 34.2 Å². The number of methoxy groups -OCH3 is 1. The molecule has 1 fully saturated rings. The summed E-state index contributed by atoms with van der Waals surface area (Å²) >= 11 is 1.45. The number of ether oxygens (including phenoxy) is 1. The normalized spacial score (nSPS) is 14.7. The van der Waals surface area contributed by atoms with Gasteiger partial charge in [-0.05, 0) is 43.5 Å². The molecule has 1 aliphatic carbocycles. The molecule has 6 nitrogen and oxygen atoms in total. The van der Waals surface area contributed by atoms with Crippen LogP contribution in [0.5, 0.6) is 5.75 Å². The zero-order valence-corrected chi connectivity index (χ0v) is 18.3. The van der Waals surface area contributed by atoms with E-state index in [9.17, 15) is 9.59 Å². The van der Waals surface area contributed by atoms with Crippen LogP contribution in [0.3, 0.4) is 0 Å². The molecule has 30 heavy (non-hydrogen) atoms. The van der Waals surface area contributed by atoms with E-state index in [0.29, 0.717) is 0 Å². The summed E-state index contributed by atoms with van der Waals surface area (Å²) in [6.07, 6.45) is 7.12. The second-order valence-corrected chi connectivity index (χ2v) is 8.85. The largest absolute Gasteiger partial charge is 0.497 e. The van der Waals surface area contributed by atoms with E-state index in [-0.39, 0.29) is 30.7 Å². The van der Waals surface area contributed by atoms with Crippen molar-refractivity contribution in [3.63, 3.8) is 0 Å². The molecule has 1 N–H and O–H groups in total. The Morgan fingerprint density at radius 2 is 1.97 bits per heavy atom. The summed E-state index contributed by atoms with van der Waals surface area (Å²) in [6.45, 7) is 1.97. The maximum Gasteiger partial charge on any atom is 0.236 e. The molecule has 0 unspecified atom stereocenters. The first-order valence-corrected chi connectivity index (χ1v) is 11.3. The van der Waals surface area contributed by atoms with E-state index >= 15 is 0 Å². The summed E-state index contributed by atoms with van der Waals surface area (Å²) in [5.41, 5.74) is 2.84. The summed E-state index contributed by atoms with van der Waals surface area (Å²) in [5, 5.41) is 3.58. The number of fused-ring (bicyclic) bond motifs is 1. The quantitative estimate of drug-likeness (QED) is 0.635. The lowest BCUT2D eigenvalue weighted by Crippen LogP contribution is -2.47. The molecule has 4 rings (SSSR count). The molecule has 0 bridgehead atoms. The van der Waals surface area contributed by atoms with E-state index in [4.69, 9.17) is 4.74 Å². The van der Waals surface area contributed by atoms with Crippen LogP contribution in [0.25, 0.3) is 10.9 Å². The predicted octanol–water partition coefficient (Wildman–Crippen LogP) is 4.41. The Bertz CT molecular complexity index is 1040. The molecule has 1 aromatic carbocycles. The minimum Gasteiger partial charge on any atom is -0.497 e. The van der Waals surface area contributed by atoms with Crippen molar-refractivity contribution < 1.29 is 14.3 Å². The Kier molecular flexibility index (Phi) is 6.18. The number of hydrogen-bond donors (Lipinski definition) is 1. The minimum absolute atomic E-state index is 0.0150. The van der Waals surface area contributed by atoms with Crippen molar-refractivity contribution in [2.75, 3.05) is 7.11 Å². The van der Waals surface area contributed by atoms with Gasteiger partial charge in [-0.2, -0.15) is 0 Å². The molecule has 3 aromatic rings. The van der Waals surface area contributed by atoms with Gasteiger partial charge in [0.1, 0.15) is 10.8 Å². The van der Waals surface area contributed by atoms with Crippen molar-refractivity contribution in [3.05, 3.63) is 46.0 Å². The number of nitrogens with zero attached hydrogens (tertiary/aromatic N) is 2. The third-order valence-corrected chi connectivity index (χ3v) is 6.70. The molecule has 158 valence electrons. The smallest absolute Gasteiger partial charge is 0.236 e. The number of aromatic nitrogens is 2. The highest BCUT2D eigenvalue weighted by Gasteiger charge is 2.31. The number of hydrogen-bond acceptors (Lipinski definition) is 5. The first-order valence-electron chi connectivity index (χ1n) is 10.4. The molecule has 0 atom stereocenters. The van der Waals surface area contributed by atoms with Crippen molar-refractivity contribution in [1.82, 2.24) is 14.9 Å². The van der Waals surface area contributed by atoms with Crippen LogP contribution in [0.4, 0.5) is 0 Å². The highest BCUT2D eigenvalue weighted by Crippen LogP contribution is 2.29. The van der Waals surface area contributed by atoms with Crippen molar-refractivity contribution in [2.24, 2.45) is 0 Å². The molecule has 0 radical (unpaired) electrons. The van der Waals surface area contributed by atoms with Gasteiger partial charge in [-0.25, -0.2) is 4.98 Å². The number of nitrogens with one attached hydrogen (secondary N) is 1. The average Bonchev–Trinajstić information content (AvgIpc) is 3.36. The van der Waals surface area contributed by atoms with Gasteiger partial charge < -0.3 is 9.72 Å². The van der Waals surface area contributed by atoms with Gasteiger partial charge >= 0.3 is 0 Å². The number of thiazole rings is 1. The van der Waals surface area contributed by atoms with Crippen LogP contribution < -0.4 is 4.74 Å². The molecule has 0 saturated heterocycles. The van der Waals surface area contributed by atoms with E-state index < -0.39 is 0 Å². The van der Waals surface area contributed by atoms with Crippen molar-refractivity contribution in [1.29, 1.82) is 0 Å². The van der Waals surface area contributed by atoms with Crippen molar-refractivity contribution >= 4 is 34.1 Å². The van der Waals surface area contributed by atoms with Gasteiger partial charge in [0.2, 0.25) is 11.8 Å².